The first-order valence-corrected chi connectivity index (χ1v) is 10.8. The van der Waals surface area contributed by atoms with Crippen LogP contribution in [0.15, 0.2) is 20.7 Å². The number of thioether (sulfide) groups is 1. The fourth-order valence-corrected chi connectivity index (χ4v) is 5.50. The molecule has 2 heterocycles. The van der Waals surface area contributed by atoms with Crippen LogP contribution in [0, 0.1) is 0 Å². The van der Waals surface area contributed by atoms with Crippen LogP contribution in [0.1, 0.15) is 23.5 Å². The van der Waals surface area contributed by atoms with E-state index >= 15 is 0 Å². The molecule has 0 saturated carbocycles. The average molecular weight is 393 g/mol. The average Bonchev–Trinajstić information content (AvgIpc) is 3.16. The highest BCUT2D eigenvalue weighted by Crippen LogP contribution is 2.27. The van der Waals surface area contributed by atoms with E-state index in [4.69, 9.17) is 0 Å². The van der Waals surface area contributed by atoms with Crippen LogP contribution in [0.4, 0.5) is 5.13 Å². The largest absolute Gasteiger partial charge is 0.296 e. The molecule has 0 aliphatic rings. The first-order valence-electron chi connectivity index (χ1n) is 6.71. The van der Waals surface area contributed by atoms with Gasteiger partial charge in [0.2, 0.25) is 15.2 Å². The molecule has 0 aliphatic carbocycles. The third-order valence-electron chi connectivity index (χ3n) is 2.85. The first-order chi connectivity index (χ1) is 10.9. The summed E-state index contributed by atoms with van der Waals surface area (Å²) < 4.78 is 26.4. The lowest BCUT2D eigenvalue weighted by molar-refractivity contribution is 0.103. The molecular formula is C12H16N4O3S4. The molecule has 2 rings (SSSR count). The fraction of sp³-hybridized carbons (Fsp3) is 0.417. The van der Waals surface area contributed by atoms with Crippen molar-refractivity contribution in [3.63, 3.8) is 0 Å². The lowest BCUT2D eigenvalue weighted by atomic mass is 10.4. The molecule has 1 N–H and O–H groups in total. The minimum atomic E-state index is -3.54. The van der Waals surface area contributed by atoms with Gasteiger partial charge in [-0.25, -0.2) is 12.7 Å². The third-order valence-corrected chi connectivity index (χ3v) is 7.69. The number of amides is 1. The van der Waals surface area contributed by atoms with Gasteiger partial charge in [0.15, 0.2) is 4.34 Å². The molecule has 0 spiro atoms. The van der Waals surface area contributed by atoms with Crippen molar-refractivity contribution in [2.24, 2.45) is 0 Å². The predicted octanol–water partition coefficient (Wildman–Crippen LogP) is 2.60. The van der Waals surface area contributed by atoms with Gasteiger partial charge in [0, 0.05) is 19.0 Å². The maximum atomic E-state index is 12.2. The van der Waals surface area contributed by atoms with Crippen molar-refractivity contribution < 1.29 is 13.2 Å². The zero-order chi connectivity index (χ0) is 17.0. The summed E-state index contributed by atoms with van der Waals surface area (Å²) in [5, 5.41) is 12.3. The normalized spacial score (nSPS) is 11.8. The highest BCUT2D eigenvalue weighted by Gasteiger charge is 2.22. The van der Waals surface area contributed by atoms with Crippen LogP contribution >= 0.6 is 34.4 Å². The predicted molar refractivity (Wildman–Crippen MR) is 94.1 cm³/mol. The van der Waals surface area contributed by atoms with Gasteiger partial charge < -0.3 is 0 Å². The summed E-state index contributed by atoms with van der Waals surface area (Å²) in [7, 11) is -2.04. The van der Waals surface area contributed by atoms with Crippen molar-refractivity contribution in [1.29, 1.82) is 0 Å². The second-order valence-electron chi connectivity index (χ2n) is 4.33. The van der Waals surface area contributed by atoms with Gasteiger partial charge in [0.1, 0.15) is 0 Å². The minimum absolute atomic E-state index is 0.122. The molecule has 11 heteroatoms. The smallest absolute Gasteiger partial charge is 0.267 e. The van der Waals surface area contributed by atoms with Gasteiger partial charge >= 0.3 is 0 Å². The number of carbonyl (C=O) groups excluding carboxylic acids is 1. The molecule has 0 radical (unpaired) electrons. The van der Waals surface area contributed by atoms with Crippen LogP contribution in [-0.4, -0.2) is 48.2 Å². The summed E-state index contributed by atoms with van der Waals surface area (Å²) in [5.74, 6) is 0.486. The van der Waals surface area contributed by atoms with E-state index in [1.54, 1.807) is 18.7 Å². The van der Waals surface area contributed by atoms with Crippen molar-refractivity contribution in [3.8, 4) is 0 Å². The summed E-state index contributed by atoms with van der Waals surface area (Å²) in [6.45, 7) is 4.12. The molecule has 23 heavy (non-hydrogen) atoms. The van der Waals surface area contributed by atoms with Crippen LogP contribution < -0.4 is 5.32 Å². The number of anilines is 1. The molecule has 0 atom stereocenters. The molecule has 1 amide bonds. The molecule has 126 valence electrons. The summed E-state index contributed by atoms with van der Waals surface area (Å²) >= 11 is 3.91. The van der Waals surface area contributed by atoms with Crippen molar-refractivity contribution in [2.45, 2.75) is 23.1 Å². The highest BCUT2D eigenvalue weighted by atomic mass is 32.2. The molecule has 2 aromatic heterocycles. The minimum Gasteiger partial charge on any atom is -0.296 e. The molecule has 0 fully saturated rings. The molecule has 0 aromatic carbocycles. The van der Waals surface area contributed by atoms with Gasteiger partial charge in [-0.05, 0) is 11.8 Å². The monoisotopic (exact) mass is 392 g/mol. The second-order valence-corrected chi connectivity index (χ2v) is 9.77. The van der Waals surface area contributed by atoms with Crippen molar-refractivity contribution >= 4 is 55.5 Å². The number of carbonyl (C=O) groups is 1. The van der Waals surface area contributed by atoms with E-state index in [9.17, 15) is 13.2 Å². The Balaban J connectivity index is 2.12. The van der Waals surface area contributed by atoms with E-state index in [0.717, 1.165) is 21.4 Å². The van der Waals surface area contributed by atoms with Gasteiger partial charge in [0.25, 0.3) is 5.91 Å². The Kier molecular flexibility index (Phi) is 6.14. The molecular weight excluding hydrogens is 376 g/mol. The summed E-state index contributed by atoms with van der Waals surface area (Å²) in [4.78, 5) is 12.6. The molecule has 2 aromatic rings. The van der Waals surface area contributed by atoms with E-state index in [-0.39, 0.29) is 10.8 Å². The van der Waals surface area contributed by atoms with Gasteiger partial charge in [-0.15, -0.1) is 21.5 Å². The quantitative estimate of drug-likeness (QED) is 0.575. The van der Waals surface area contributed by atoms with E-state index in [2.05, 4.69) is 15.5 Å². The topological polar surface area (TPSA) is 92.3 Å². The van der Waals surface area contributed by atoms with Gasteiger partial charge in [0.05, 0.1) is 9.77 Å². The fourth-order valence-electron chi connectivity index (χ4n) is 1.52. The van der Waals surface area contributed by atoms with E-state index in [1.807, 2.05) is 6.92 Å². The highest BCUT2D eigenvalue weighted by molar-refractivity contribution is 8.01. The lowest BCUT2D eigenvalue weighted by Crippen LogP contribution is -2.26. The molecule has 0 saturated heterocycles. The van der Waals surface area contributed by atoms with Gasteiger partial charge in [-0.1, -0.05) is 36.9 Å². The number of thiophene rings is 1. The molecule has 0 aliphatic heterocycles. The standard InChI is InChI=1S/C12H16N4O3S4/c1-4-16(3)23(18,19)8-6-9(21-7-8)10(17)13-11-14-15-12(22-11)20-5-2/h6-7H,4-5H2,1-3H3,(H,13,14,17). The van der Waals surface area contributed by atoms with E-state index in [1.165, 1.54) is 34.1 Å². The Morgan fingerprint density at radius 1 is 1.39 bits per heavy atom. The van der Waals surface area contributed by atoms with Crippen LogP contribution in [-0.2, 0) is 10.0 Å². The summed E-state index contributed by atoms with van der Waals surface area (Å²) in [6, 6.07) is 1.38. The Bertz CT molecular complexity index is 784. The van der Waals surface area contributed by atoms with E-state index in [0.29, 0.717) is 16.6 Å². The second kappa shape index (κ2) is 7.71. The van der Waals surface area contributed by atoms with Crippen LogP contribution in [0.2, 0.25) is 0 Å². The summed E-state index contributed by atoms with van der Waals surface area (Å²) in [6.07, 6.45) is 0. The number of hydrogen-bond donors (Lipinski definition) is 1. The van der Waals surface area contributed by atoms with Crippen molar-refractivity contribution in [2.75, 3.05) is 24.7 Å². The number of sulfonamides is 1. The third kappa shape index (κ3) is 4.29. The van der Waals surface area contributed by atoms with Gasteiger partial charge in [-0.3, -0.25) is 10.1 Å². The van der Waals surface area contributed by atoms with Gasteiger partial charge in [-0.2, -0.15) is 0 Å². The number of nitrogens with zero attached hydrogens (tertiary/aromatic N) is 3. The molecule has 0 bridgehead atoms. The number of rotatable bonds is 7. The van der Waals surface area contributed by atoms with Crippen molar-refractivity contribution in [3.05, 3.63) is 16.3 Å². The first kappa shape index (κ1) is 18.3. The van der Waals surface area contributed by atoms with Crippen LogP contribution in [0.3, 0.4) is 0 Å². The number of nitrogens with one attached hydrogen (secondary N) is 1. The van der Waals surface area contributed by atoms with Crippen LogP contribution in [0.5, 0.6) is 0 Å². The molecule has 7 nitrogen and oxygen atoms in total. The maximum Gasteiger partial charge on any atom is 0.267 e. The van der Waals surface area contributed by atoms with E-state index < -0.39 is 10.0 Å². The number of aromatic nitrogens is 2. The lowest BCUT2D eigenvalue weighted by Gasteiger charge is -2.12. The van der Waals surface area contributed by atoms with Crippen molar-refractivity contribution in [1.82, 2.24) is 14.5 Å². The Morgan fingerprint density at radius 2 is 2.13 bits per heavy atom. The zero-order valence-electron chi connectivity index (χ0n) is 12.8. The Labute approximate surface area is 147 Å². The SMILES string of the molecule is CCSc1nnc(NC(=O)c2cc(S(=O)(=O)N(C)CC)cs2)s1. The zero-order valence-corrected chi connectivity index (χ0v) is 16.0. The molecule has 0 unspecified atom stereocenters. The summed E-state index contributed by atoms with van der Waals surface area (Å²) in [5.41, 5.74) is 0. The maximum absolute atomic E-state index is 12.2. The Hall–Kier alpha value is -1.01. The Morgan fingerprint density at radius 3 is 2.78 bits per heavy atom. The van der Waals surface area contributed by atoms with Crippen LogP contribution in [0.25, 0.3) is 0 Å². The number of hydrogen-bond acceptors (Lipinski definition) is 8.